The van der Waals surface area contributed by atoms with Crippen molar-refractivity contribution in [2.24, 2.45) is 0 Å². The molecule has 0 radical (unpaired) electrons. The number of amides is 1. The highest BCUT2D eigenvalue weighted by molar-refractivity contribution is 5.76. The predicted octanol–water partition coefficient (Wildman–Crippen LogP) is 2.92. The molecule has 0 aliphatic heterocycles. The number of hydrogen-bond acceptors (Lipinski definition) is 4. The Morgan fingerprint density at radius 1 is 1.17 bits per heavy atom. The number of benzene rings is 1. The van der Waals surface area contributed by atoms with E-state index in [1.54, 1.807) is 7.11 Å². The molecule has 0 fully saturated rings. The molecule has 0 aromatic heterocycles. The number of methoxy groups -OCH3 is 1. The SMILES string of the molecule is CCOC(CCCNC(=O)CCc1ccccc1OC)OCC. The molecule has 0 saturated carbocycles. The highest BCUT2D eigenvalue weighted by Crippen LogP contribution is 2.18. The number of carbonyl (C=O) groups excluding carboxylic acids is 1. The Labute approximate surface area is 139 Å². The van der Waals surface area contributed by atoms with E-state index in [4.69, 9.17) is 14.2 Å². The van der Waals surface area contributed by atoms with Gasteiger partial charge in [-0.05, 0) is 38.3 Å². The molecule has 1 amide bonds. The van der Waals surface area contributed by atoms with E-state index in [1.165, 1.54) is 0 Å². The van der Waals surface area contributed by atoms with Gasteiger partial charge in [0.2, 0.25) is 5.91 Å². The van der Waals surface area contributed by atoms with E-state index in [0.717, 1.165) is 24.2 Å². The van der Waals surface area contributed by atoms with Crippen molar-refractivity contribution in [3.63, 3.8) is 0 Å². The molecule has 0 aliphatic rings. The standard InChI is InChI=1S/C18H29NO4/c1-4-22-18(23-5-2)11-8-14-19-17(20)13-12-15-9-6-7-10-16(15)21-3/h6-7,9-10,18H,4-5,8,11-14H2,1-3H3,(H,19,20). The first-order valence-electron chi connectivity index (χ1n) is 8.33. The number of rotatable bonds is 12. The van der Waals surface area contributed by atoms with Crippen LogP contribution in [0.2, 0.25) is 0 Å². The molecule has 1 aromatic carbocycles. The van der Waals surface area contributed by atoms with Crippen molar-refractivity contribution < 1.29 is 19.0 Å². The number of ether oxygens (including phenoxy) is 3. The largest absolute Gasteiger partial charge is 0.496 e. The van der Waals surface area contributed by atoms with Gasteiger partial charge in [-0.2, -0.15) is 0 Å². The smallest absolute Gasteiger partial charge is 0.220 e. The van der Waals surface area contributed by atoms with Gasteiger partial charge in [-0.3, -0.25) is 4.79 Å². The number of hydrogen-bond donors (Lipinski definition) is 1. The minimum atomic E-state index is -0.171. The molecular weight excluding hydrogens is 294 g/mol. The summed E-state index contributed by atoms with van der Waals surface area (Å²) in [6, 6.07) is 7.78. The molecular formula is C18H29NO4. The second-order valence-electron chi connectivity index (χ2n) is 5.14. The van der Waals surface area contributed by atoms with Crippen LogP contribution >= 0.6 is 0 Å². The molecule has 0 spiro atoms. The summed E-state index contributed by atoms with van der Waals surface area (Å²) in [5.41, 5.74) is 1.05. The molecule has 1 rings (SSSR count). The van der Waals surface area contributed by atoms with Gasteiger partial charge in [-0.25, -0.2) is 0 Å². The maximum Gasteiger partial charge on any atom is 0.220 e. The molecule has 23 heavy (non-hydrogen) atoms. The van der Waals surface area contributed by atoms with Crippen molar-refractivity contribution in [3.05, 3.63) is 29.8 Å². The van der Waals surface area contributed by atoms with E-state index in [2.05, 4.69) is 5.32 Å². The fraction of sp³-hybridized carbons (Fsp3) is 0.611. The lowest BCUT2D eigenvalue weighted by Crippen LogP contribution is -2.26. The van der Waals surface area contributed by atoms with Crippen LogP contribution in [0.3, 0.4) is 0 Å². The Bertz CT molecular complexity index is 444. The van der Waals surface area contributed by atoms with E-state index in [-0.39, 0.29) is 12.2 Å². The summed E-state index contributed by atoms with van der Waals surface area (Å²) in [5, 5.41) is 2.94. The lowest BCUT2D eigenvalue weighted by molar-refractivity contribution is -0.140. The summed E-state index contributed by atoms with van der Waals surface area (Å²) < 4.78 is 16.2. The fourth-order valence-electron chi connectivity index (χ4n) is 2.33. The maximum atomic E-state index is 11.9. The Hall–Kier alpha value is -1.59. The second-order valence-corrected chi connectivity index (χ2v) is 5.14. The molecule has 1 aromatic rings. The Morgan fingerprint density at radius 2 is 1.87 bits per heavy atom. The first-order valence-corrected chi connectivity index (χ1v) is 8.33. The van der Waals surface area contributed by atoms with Gasteiger partial charge in [0.1, 0.15) is 5.75 Å². The molecule has 1 N–H and O–H groups in total. The summed E-state index contributed by atoms with van der Waals surface area (Å²) in [6.45, 7) is 5.81. The van der Waals surface area contributed by atoms with Crippen LogP contribution in [0.1, 0.15) is 38.7 Å². The van der Waals surface area contributed by atoms with Gasteiger partial charge in [-0.1, -0.05) is 18.2 Å². The van der Waals surface area contributed by atoms with E-state index in [0.29, 0.717) is 32.6 Å². The summed E-state index contributed by atoms with van der Waals surface area (Å²) in [6.07, 6.45) is 2.59. The van der Waals surface area contributed by atoms with Gasteiger partial charge in [0, 0.05) is 32.6 Å². The lowest BCUT2D eigenvalue weighted by atomic mass is 10.1. The number of nitrogens with one attached hydrogen (secondary N) is 1. The highest BCUT2D eigenvalue weighted by atomic mass is 16.7. The van der Waals surface area contributed by atoms with E-state index >= 15 is 0 Å². The zero-order valence-corrected chi connectivity index (χ0v) is 14.5. The van der Waals surface area contributed by atoms with Crippen molar-refractivity contribution in [1.29, 1.82) is 0 Å². The van der Waals surface area contributed by atoms with Crippen LogP contribution in [-0.2, 0) is 20.7 Å². The summed E-state index contributed by atoms with van der Waals surface area (Å²) >= 11 is 0. The van der Waals surface area contributed by atoms with Gasteiger partial charge < -0.3 is 19.5 Å². The van der Waals surface area contributed by atoms with Crippen LogP contribution in [0.4, 0.5) is 0 Å². The van der Waals surface area contributed by atoms with Crippen LogP contribution in [0, 0.1) is 0 Å². The molecule has 0 unspecified atom stereocenters. The minimum Gasteiger partial charge on any atom is -0.496 e. The molecule has 130 valence electrons. The Balaban J connectivity index is 2.21. The zero-order chi connectivity index (χ0) is 16.9. The number of para-hydroxylation sites is 1. The van der Waals surface area contributed by atoms with Crippen molar-refractivity contribution in [2.45, 2.75) is 45.8 Å². The quantitative estimate of drug-likeness (QED) is 0.475. The molecule has 5 heteroatoms. The fourth-order valence-corrected chi connectivity index (χ4v) is 2.33. The minimum absolute atomic E-state index is 0.0558. The maximum absolute atomic E-state index is 11.9. The van der Waals surface area contributed by atoms with Crippen LogP contribution in [0.5, 0.6) is 5.75 Å². The topological polar surface area (TPSA) is 56.8 Å². The summed E-state index contributed by atoms with van der Waals surface area (Å²) in [4.78, 5) is 11.9. The zero-order valence-electron chi connectivity index (χ0n) is 14.5. The molecule has 0 atom stereocenters. The number of aryl methyl sites for hydroxylation is 1. The van der Waals surface area contributed by atoms with Gasteiger partial charge in [-0.15, -0.1) is 0 Å². The third-order valence-electron chi connectivity index (χ3n) is 3.46. The van der Waals surface area contributed by atoms with Gasteiger partial charge in [0.25, 0.3) is 0 Å². The van der Waals surface area contributed by atoms with Gasteiger partial charge >= 0.3 is 0 Å². The lowest BCUT2D eigenvalue weighted by Gasteiger charge is -2.16. The van der Waals surface area contributed by atoms with Crippen molar-refractivity contribution in [1.82, 2.24) is 5.32 Å². The van der Waals surface area contributed by atoms with Gasteiger partial charge in [0.15, 0.2) is 6.29 Å². The third kappa shape index (κ3) is 8.00. The summed E-state index contributed by atoms with van der Waals surface area (Å²) in [7, 11) is 1.64. The molecule has 0 bridgehead atoms. The van der Waals surface area contributed by atoms with Crippen molar-refractivity contribution in [2.75, 3.05) is 26.9 Å². The predicted molar refractivity (Wildman–Crippen MR) is 90.6 cm³/mol. The average molecular weight is 323 g/mol. The van der Waals surface area contributed by atoms with Crippen LogP contribution in [-0.4, -0.2) is 39.1 Å². The second kappa shape index (κ2) is 11.9. The first-order chi connectivity index (χ1) is 11.2. The van der Waals surface area contributed by atoms with E-state index in [9.17, 15) is 4.79 Å². The van der Waals surface area contributed by atoms with Crippen LogP contribution in [0.15, 0.2) is 24.3 Å². The molecule has 0 aliphatic carbocycles. The third-order valence-corrected chi connectivity index (χ3v) is 3.46. The van der Waals surface area contributed by atoms with E-state index in [1.807, 2.05) is 38.1 Å². The van der Waals surface area contributed by atoms with Crippen LogP contribution in [0.25, 0.3) is 0 Å². The normalized spacial score (nSPS) is 10.8. The number of carbonyl (C=O) groups is 1. The highest BCUT2D eigenvalue weighted by Gasteiger charge is 2.09. The molecule has 0 heterocycles. The first kappa shape index (κ1) is 19.5. The monoisotopic (exact) mass is 323 g/mol. The molecule has 5 nitrogen and oxygen atoms in total. The van der Waals surface area contributed by atoms with Gasteiger partial charge in [0.05, 0.1) is 7.11 Å². The van der Waals surface area contributed by atoms with E-state index < -0.39 is 0 Å². The van der Waals surface area contributed by atoms with Crippen molar-refractivity contribution >= 4 is 5.91 Å². The average Bonchev–Trinajstić information content (AvgIpc) is 2.57. The van der Waals surface area contributed by atoms with Crippen LogP contribution < -0.4 is 10.1 Å². The molecule has 0 saturated heterocycles. The van der Waals surface area contributed by atoms with Crippen molar-refractivity contribution in [3.8, 4) is 5.75 Å². The Morgan fingerprint density at radius 3 is 2.52 bits per heavy atom. The Kier molecular flexibility index (Phi) is 10.1. The summed E-state index contributed by atoms with van der Waals surface area (Å²) in [5.74, 6) is 0.886.